The molecule has 0 unspecified atom stereocenters. The molecule has 0 aliphatic rings. The fraction of sp³-hybridized carbons (Fsp3) is 0. The van der Waals surface area contributed by atoms with E-state index in [2.05, 4.69) is 240 Å². The Labute approximate surface area is 366 Å². The van der Waals surface area contributed by atoms with Gasteiger partial charge in [0.1, 0.15) is 11.2 Å². The highest BCUT2D eigenvalue weighted by molar-refractivity contribution is 6.11. The predicted octanol–water partition coefficient (Wildman–Crippen LogP) is 16.8. The van der Waals surface area contributed by atoms with Crippen LogP contribution in [0, 0.1) is 0 Å². The largest absolute Gasteiger partial charge is 0.455 e. The highest BCUT2D eigenvalue weighted by Crippen LogP contribution is 2.42. The van der Waals surface area contributed by atoms with Crippen molar-refractivity contribution in [2.75, 3.05) is 4.90 Å². The number of fused-ring (bicyclic) bond motifs is 6. The van der Waals surface area contributed by atoms with Crippen molar-refractivity contribution in [3.05, 3.63) is 243 Å². The van der Waals surface area contributed by atoms with Crippen LogP contribution < -0.4 is 4.90 Å². The fourth-order valence-electron chi connectivity index (χ4n) is 9.48. The molecule has 0 amide bonds. The molecule has 0 bridgehead atoms. The van der Waals surface area contributed by atoms with Gasteiger partial charge in [-0.2, -0.15) is 0 Å². The van der Waals surface area contributed by atoms with Crippen molar-refractivity contribution in [3.63, 3.8) is 0 Å². The lowest BCUT2D eigenvalue weighted by molar-refractivity contribution is 0.670. The normalized spacial score (nSPS) is 11.5. The minimum Gasteiger partial charge on any atom is -0.455 e. The van der Waals surface area contributed by atoms with Gasteiger partial charge in [0.2, 0.25) is 0 Å². The van der Waals surface area contributed by atoms with Gasteiger partial charge in [-0.05, 0) is 94.0 Å². The van der Waals surface area contributed by atoms with Crippen molar-refractivity contribution in [2.24, 2.45) is 0 Å². The summed E-state index contributed by atoms with van der Waals surface area (Å²) in [4.78, 5) is 2.32. The van der Waals surface area contributed by atoms with Crippen LogP contribution in [-0.2, 0) is 0 Å². The van der Waals surface area contributed by atoms with E-state index in [1.54, 1.807) is 0 Å². The zero-order chi connectivity index (χ0) is 41.7. The number of anilines is 3. The van der Waals surface area contributed by atoms with E-state index in [0.717, 1.165) is 61.3 Å². The van der Waals surface area contributed by atoms with E-state index in [1.807, 2.05) is 12.1 Å². The first kappa shape index (κ1) is 36.5. The molecular formula is C60H40N2O. The highest BCUT2D eigenvalue weighted by Gasteiger charge is 2.18. The van der Waals surface area contributed by atoms with E-state index in [0.29, 0.717) is 0 Å². The fourth-order valence-corrected chi connectivity index (χ4v) is 9.48. The summed E-state index contributed by atoms with van der Waals surface area (Å²) in [5, 5.41) is 4.79. The van der Waals surface area contributed by atoms with E-state index in [9.17, 15) is 0 Å². The van der Waals surface area contributed by atoms with E-state index in [1.165, 1.54) is 49.7 Å². The summed E-state index contributed by atoms with van der Waals surface area (Å²) >= 11 is 0. The molecule has 3 heteroatoms. The van der Waals surface area contributed by atoms with Gasteiger partial charge >= 0.3 is 0 Å². The molecule has 0 fully saturated rings. The maximum absolute atomic E-state index is 6.47. The number of rotatable bonds is 8. The summed E-state index contributed by atoms with van der Waals surface area (Å²) in [6, 6.07) is 86.9. The number of para-hydroxylation sites is 6. The monoisotopic (exact) mass is 804 g/mol. The molecule has 63 heavy (non-hydrogen) atoms. The second-order valence-corrected chi connectivity index (χ2v) is 16.1. The average molecular weight is 805 g/mol. The quantitative estimate of drug-likeness (QED) is 0.153. The van der Waals surface area contributed by atoms with Crippen LogP contribution in [0.25, 0.3) is 93.9 Å². The molecule has 12 rings (SSSR count). The third-order valence-electron chi connectivity index (χ3n) is 12.5. The Hall–Kier alpha value is -8.40. The molecule has 0 N–H and O–H groups in total. The zero-order valence-electron chi connectivity index (χ0n) is 34.4. The summed E-state index contributed by atoms with van der Waals surface area (Å²) in [6.45, 7) is 0. The van der Waals surface area contributed by atoms with Crippen molar-refractivity contribution >= 4 is 60.8 Å². The van der Waals surface area contributed by atoms with Crippen molar-refractivity contribution in [3.8, 4) is 50.2 Å². The molecule has 10 aromatic carbocycles. The van der Waals surface area contributed by atoms with Gasteiger partial charge < -0.3 is 13.9 Å². The number of nitrogens with zero attached hydrogens (tertiary/aromatic N) is 2. The second kappa shape index (κ2) is 15.3. The Bertz CT molecular complexity index is 3550. The smallest absolute Gasteiger partial charge is 0.143 e. The van der Waals surface area contributed by atoms with Gasteiger partial charge in [-0.1, -0.05) is 182 Å². The standard InChI is InChI=1S/C60H40N2O/c1-2-15-45(16-3-1)61(47-39-35-43(36-40-47)48-17-4-5-19-50(48)54-23-14-24-55-53-22-9-13-28-59(53)63-60(54)55)46-37-33-42(34-38-46)41-29-31-44(32-30-41)49-18-6-10-25-56(49)62-57-26-11-7-20-51(57)52-21-8-12-27-58(52)62/h1-40H. The minimum absolute atomic E-state index is 0.905. The molecule has 0 aliphatic heterocycles. The van der Waals surface area contributed by atoms with Gasteiger partial charge in [0, 0.05) is 49.7 Å². The van der Waals surface area contributed by atoms with E-state index in [-0.39, 0.29) is 0 Å². The predicted molar refractivity (Wildman–Crippen MR) is 264 cm³/mol. The van der Waals surface area contributed by atoms with Gasteiger partial charge in [0.25, 0.3) is 0 Å². The molecular weight excluding hydrogens is 765 g/mol. The third kappa shape index (κ3) is 6.29. The lowest BCUT2D eigenvalue weighted by Gasteiger charge is -2.26. The maximum Gasteiger partial charge on any atom is 0.143 e. The molecule has 296 valence electrons. The van der Waals surface area contributed by atoms with Crippen molar-refractivity contribution < 1.29 is 4.42 Å². The number of hydrogen-bond acceptors (Lipinski definition) is 2. The Morgan fingerprint density at radius 2 is 0.730 bits per heavy atom. The van der Waals surface area contributed by atoms with Crippen LogP contribution in [0.2, 0.25) is 0 Å². The maximum atomic E-state index is 6.47. The Balaban J connectivity index is 0.858. The highest BCUT2D eigenvalue weighted by atomic mass is 16.3. The number of hydrogen-bond donors (Lipinski definition) is 0. The Morgan fingerprint density at radius 1 is 0.286 bits per heavy atom. The third-order valence-corrected chi connectivity index (χ3v) is 12.5. The molecule has 0 atom stereocenters. The van der Waals surface area contributed by atoms with E-state index < -0.39 is 0 Å². The van der Waals surface area contributed by atoms with E-state index in [4.69, 9.17) is 4.42 Å². The molecule has 3 nitrogen and oxygen atoms in total. The average Bonchev–Trinajstić information content (AvgIpc) is 3.91. The first-order valence-electron chi connectivity index (χ1n) is 21.5. The molecule has 2 aromatic heterocycles. The molecule has 12 aromatic rings. The summed E-state index contributed by atoms with van der Waals surface area (Å²) in [5.41, 5.74) is 17.9. The van der Waals surface area contributed by atoms with Gasteiger partial charge in [0.05, 0.1) is 16.7 Å². The van der Waals surface area contributed by atoms with Crippen LogP contribution in [0.5, 0.6) is 0 Å². The first-order chi connectivity index (χ1) is 31.3. The second-order valence-electron chi connectivity index (χ2n) is 16.1. The van der Waals surface area contributed by atoms with Crippen LogP contribution in [0.15, 0.2) is 247 Å². The minimum atomic E-state index is 0.905. The van der Waals surface area contributed by atoms with Gasteiger partial charge in [-0.15, -0.1) is 0 Å². The van der Waals surface area contributed by atoms with Crippen LogP contribution >= 0.6 is 0 Å². The molecule has 2 heterocycles. The Kier molecular flexibility index (Phi) is 8.83. The lowest BCUT2D eigenvalue weighted by Crippen LogP contribution is -2.09. The molecule has 0 radical (unpaired) electrons. The zero-order valence-corrected chi connectivity index (χ0v) is 34.4. The van der Waals surface area contributed by atoms with E-state index >= 15 is 0 Å². The van der Waals surface area contributed by atoms with Crippen molar-refractivity contribution in [1.29, 1.82) is 0 Å². The summed E-state index contributed by atoms with van der Waals surface area (Å²) in [5.74, 6) is 0. The van der Waals surface area contributed by atoms with Crippen molar-refractivity contribution in [2.45, 2.75) is 0 Å². The van der Waals surface area contributed by atoms with Crippen molar-refractivity contribution in [1.82, 2.24) is 4.57 Å². The van der Waals surface area contributed by atoms with Crippen LogP contribution in [0.4, 0.5) is 17.1 Å². The number of benzene rings is 10. The lowest BCUT2D eigenvalue weighted by atomic mass is 9.93. The molecule has 0 aliphatic carbocycles. The number of aromatic nitrogens is 1. The molecule has 0 spiro atoms. The SMILES string of the molecule is c1ccc(N(c2ccc(-c3ccc(-c4ccccc4-n4c5ccccc5c5ccccc54)cc3)cc2)c2ccc(-c3ccccc3-c3cccc4c3oc3ccccc34)cc2)cc1. The summed E-state index contributed by atoms with van der Waals surface area (Å²) < 4.78 is 8.88. The summed E-state index contributed by atoms with van der Waals surface area (Å²) in [7, 11) is 0. The van der Waals surface area contributed by atoms with Gasteiger partial charge in [-0.25, -0.2) is 0 Å². The van der Waals surface area contributed by atoms with Crippen LogP contribution in [0.1, 0.15) is 0 Å². The van der Waals surface area contributed by atoms with Crippen LogP contribution in [0.3, 0.4) is 0 Å². The topological polar surface area (TPSA) is 21.3 Å². The van der Waals surface area contributed by atoms with Gasteiger partial charge in [-0.3, -0.25) is 0 Å². The Morgan fingerprint density at radius 3 is 1.41 bits per heavy atom. The molecule has 0 saturated heterocycles. The summed E-state index contributed by atoms with van der Waals surface area (Å²) in [6.07, 6.45) is 0. The molecule has 0 saturated carbocycles. The van der Waals surface area contributed by atoms with Gasteiger partial charge in [0.15, 0.2) is 0 Å². The first-order valence-corrected chi connectivity index (χ1v) is 21.5. The number of furan rings is 1. The van der Waals surface area contributed by atoms with Crippen LogP contribution in [-0.4, -0.2) is 4.57 Å².